The van der Waals surface area contributed by atoms with E-state index in [1.165, 1.54) is 0 Å². The summed E-state index contributed by atoms with van der Waals surface area (Å²) in [5, 5.41) is 12.8. The van der Waals surface area contributed by atoms with Gasteiger partial charge in [-0.1, -0.05) is 6.92 Å². The van der Waals surface area contributed by atoms with Gasteiger partial charge in [-0.05, 0) is 27.2 Å². The van der Waals surface area contributed by atoms with Gasteiger partial charge in [0.25, 0.3) is 0 Å². The molecule has 0 radical (unpaired) electrons. The van der Waals surface area contributed by atoms with Gasteiger partial charge in [-0.2, -0.15) is 0 Å². The molecule has 0 fully saturated rings. The van der Waals surface area contributed by atoms with Crippen LogP contribution in [0, 0.1) is 0 Å². The van der Waals surface area contributed by atoms with Crippen molar-refractivity contribution in [1.29, 1.82) is 0 Å². The molecular formula is C10H18NO4-. The molecule has 1 amide bonds. The van der Waals surface area contributed by atoms with Crippen molar-refractivity contribution in [2.75, 3.05) is 0 Å². The molecule has 0 aliphatic rings. The number of carbonyl (C=O) groups is 2. The van der Waals surface area contributed by atoms with E-state index in [1.54, 1.807) is 27.7 Å². The number of carboxylic acids is 1. The van der Waals surface area contributed by atoms with Gasteiger partial charge in [0.1, 0.15) is 5.60 Å². The topological polar surface area (TPSA) is 78.5 Å². The molecule has 5 nitrogen and oxygen atoms in total. The van der Waals surface area contributed by atoms with Crippen LogP contribution in [-0.4, -0.2) is 23.7 Å². The normalized spacial score (nSPS) is 13.1. The summed E-state index contributed by atoms with van der Waals surface area (Å²) < 4.78 is 4.99. The van der Waals surface area contributed by atoms with Crippen molar-refractivity contribution in [2.45, 2.75) is 52.2 Å². The van der Waals surface area contributed by atoms with Crippen LogP contribution in [0.25, 0.3) is 0 Å². The van der Waals surface area contributed by atoms with Crippen molar-refractivity contribution in [1.82, 2.24) is 5.32 Å². The fourth-order valence-corrected chi connectivity index (χ4v) is 0.973. The lowest BCUT2D eigenvalue weighted by molar-refractivity contribution is -0.306. The molecule has 0 bridgehead atoms. The molecule has 5 heteroatoms. The molecule has 0 heterocycles. The minimum atomic E-state index is -1.18. The lowest BCUT2D eigenvalue weighted by Gasteiger charge is -2.23. The molecule has 1 N–H and O–H groups in total. The maximum absolute atomic E-state index is 11.3. The standard InChI is InChI=1S/C10H19NO4/c1-5-7(6-8(12)13)11-9(14)15-10(2,3)4/h7H,5-6H2,1-4H3,(H,11,14)(H,12,13)/p-1/t7-/m1/s1. The van der Waals surface area contributed by atoms with Crippen molar-refractivity contribution in [3.63, 3.8) is 0 Å². The zero-order chi connectivity index (χ0) is 12.1. The van der Waals surface area contributed by atoms with E-state index in [0.29, 0.717) is 6.42 Å². The molecule has 0 aliphatic heterocycles. The Hall–Kier alpha value is -1.26. The summed E-state index contributed by atoms with van der Waals surface area (Å²) in [7, 11) is 0. The van der Waals surface area contributed by atoms with E-state index < -0.39 is 23.7 Å². The van der Waals surface area contributed by atoms with Gasteiger partial charge >= 0.3 is 6.09 Å². The summed E-state index contributed by atoms with van der Waals surface area (Å²) >= 11 is 0. The van der Waals surface area contributed by atoms with Gasteiger partial charge in [0.15, 0.2) is 0 Å². The number of carboxylic acid groups (broad SMARTS) is 1. The Balaban J connectivity index is 4.07. The lowest BCUT2D eigenvalue weighted by atomic mass is 10.1. The quantitative estimate of drug-likeness (QED) is 0.739. The first-order chi connectivity index (χ1) is 6.74. The number of carbonyl (C=O) groups excluding carboxylic acids is 2. The number of aliphatic carboxylic acids is 1. The predicted octanol–water partition coefficient (Wildman–Crippen LogP) is 0.430. The molecular weight excluding hydrogens is 198 g/mol. The van der Waals surface area contributed by atoms with Crippen molar-refractivity contribution in [3.8, 4) is 0 Å². The van der Waals surface area contributed by atoms with Crippen LogP contribution in [-0.2, 0) is 9.53 Å². The Morgan fingerprint density at radius 1 is 1.40 bits per heavy atom. The van der Waals surface area contributed by atoms with Crippen molar-refractivity contribution >= 4 is 12.1 Å². The Morgan fingerprint density at radius 2 is 1.93 bits per heavy atom. The SMILES string of the molecule is CC[C@H](CC(=O)[O-])NC(=O)OC(C)(C)C. The lowest BCUT2D eigenvalue weighted by Crippen LogP contribution is -2.41. The minimum absolute atomic E-state index is 0.199. The zero-order valence-electron chi connectivity index (χ0n) is 9.62. The van der Waals surface area contributed by atoms with Crippen LogP contribution < -0.4 is 10.4 Å². The molecule has 0 rings (SSSR count). The molecule has 15 heavy (non-hydrogen) atoms. The van der Waals surface area contributed by atoms with Gasteiger partial charge in [0, 0.05) is 18.4 Å². The molecule has 1 atom stereocenters. The average molecular weight is 216 g/mol. The van der Waals surface area contributed by atoms with Crippen LogP contribution >= 0.6 is 0 Å². The number of rotatable bonds is 4. The maximum atomic E-state index is 11.3. The number of hydrogen-bond acceptors (Lipinski definition) is 4. The van der Waals surface area contributed by atoms with Crippen molar-refractivity contribution < 1.29 is 19.4 Å². The number of alkyl carbamates (subject to hydrolysis) is 1. The van der Waals surface area contributed by atoms with Crippen LogP contribution in [0.15, 0.2) is 0 Å². The number of ether oxygens (including phenoxy) is 1. The van der Waals surface area contributed by atoms with Crippen LogP contribution in [0.5, 0.6) is 0 Å². The highest BCUT2D eigenvalue weighted by Gasteiger charge is 2.18. The fourth-order valence-electron chi connectivity index (χ4n) is 0.973. The Kier molecular flexibility index (Phi) is 5.11. The Morgan fingerprint density at radius 3 is 2.27 bits per heavy atom. The van der Waals surface area contributed by atoms with Crippen molar-refractivity contribution in [3.05, 3.63) is 0 Å². The molecule has 0 aromatic rings. The first kappa shape index (κ1) is 13.7. The van der Waals surface area contributed by atoms with E-state index in [2.05, 4.69) is 5.32 Å². The first-order valence-corrected chi connectivity index (χ1v) is 4.94. The smallest absolute Gasteiger partial charge is 0.407 e. The van der Waals surface area contributed by atoms with E-state index in [1.807, 2.05) is 0 Å². The van der Waals surface area contributed by atoms with E-state index in [0.717, 1.165) is 0 Å². The maximum Gasteiger partial charge on any atom is 0.407 e. The summed E-state index contributed by atoms with van der Waals surface area (Å²) in [6.45, 7) is 7.01. The predicted molar refractivity (Wildman–Crippen MR) is 53.1 cm³/mol. The molecule has 0 aliphatic carbocycles. The van der Waals surface area contributed by atoms with Gasteiger partial charge in [-0.25, -0.2) is 4.79 Å². The summed E-state index contributed by atoms with van der Waals surface area (Å²) in [5.74, 6) is -1.18. The van der Waals surface area contributed by atoms with E-state index >= 15 is 0 Å². The number of hydrogen-bond donors (Lipinski definition) is 1. The average Bonchev–Trinajstić information content (AvgIpc) is 1.98. The summed E-state index contributed by atoms with van der Waals surface area (Å²) in [4.78, 5) is 21.6. The molecule has 0 unspecified atom stereocenters. The van der Waals surface area contributed by atoms with Gasteiger partial charge in [0.2, 0.25) is 0 Å². The molecule has 0 spiro atoms. The highest BCUT2D eigenvalue weighted by atomic mass is 16.6. The summed E-state index contributed by atoms with van der Waals surface area (Å²) in [6, 6.07) is -0.440. The van der Waals surface area contributed by atoms with Crippen LogP contribution in [0.1, 0.15) is 40.5 Å². The third-order valence-electron chi connectivity index (χ3n) is 1.63. The first-order valence-electron chi connectivity index (χ1n) is 4.94. The molecule has 0 aromatic carbocycles. The molecule has 0 saturated carbocycles. The summed E-state index contributed by atoms with van der Waals surface area (Å²) in [6.07, 6.45) is -0.279. The second-order valence-corrected chi connectivity index (χ2v) is 4.33. The second-order valence-electron chi connectivity index (χ2n) is 4.33. The zero-order valence-corrected chi connectivity index (χ0v) is 9.62. The number of nitrogens with one attached hydrogen (secondary N) is 1. The molecule has 0 saturated heterocycles. The van der Waals surface area contributed by atoms with Crippen LogP contribution in [0.4, 0.5) is 4.79 Å². The van der Waals surface area contributed by atoms with E-state index in [-0.39, 0.29) is 6.42 Å². The minimum Gasteiger partial charge on any atom is -0.550 e. The highest BCUT2D eigenvalue weighted by Crippen LogP contribution is 2.07. The van der Waals surface area contributed by atoms with Gasteiger partial charge in [-0.15, -0.1) is 0 Å². The Labute approximate surface area is 89.8 Å². The van der Waals surface area contributed by atoms with E-state index in [9.17, 15) is 14.7 Å². The second kappa shape index (κ2) is 5.58. The fraction of sp³-hybridized carbons (Fsp3) is 0.800. The van der Waals surface area contributed by atoms with Crippen molar-refractivity contribution in [2.24, 2.45) is 0 Å². The summed E-state index contributed by atoms with van der Waals surface area (Å²) in [5.41, 5.74) is -0.580. The van der Waals surface area contributed by atoms with Crippen LogP contribution in [0.2, 0.25) is 0 Å². The largest absolute Gasteiger partial charge is 0.550 e. The van der Waals surface area contributed by atoms with Gasteiger partial charge in [0.05, 0.1) is 0 Å². The third-order valence-corrected chi connectivity index (χ3v) is 1.63. The third kappa shape index (κ3) is 7.78. The van der Waals surface area contributed by atoms with Gasteiger partial charge < -0.3 is 20.0 Å². The number of amides is 1. The molecule has 0 aromatic heterocycles. The van der Waals surface area contributed by atoms with Gasteiger partial charge in [-0.3, -0.25) is 0 Å². The Bertz CT molecular complexity index is 232. The molecule has 88 valence electrons. The van der Waals surface area contributed by atoms with Crippen LogP contribution in [0.3, 0.4) is 0 Å². The monoisotopic (exact) mass is 216 g/mol. The highest BCUT2D eigenvalue weighted by molar-refractivity contribution is 5.70. The van der Waals surface area contributed by atoms with E-state index in [4.69, 9.17) is 4.74 Å².